The second-order valence-electron chi connectivity index (χ2n) is 5.85. The van der Waals surface area contributed by atoms with Gasteiger partial charge in [-0.15, -0.1) is 0 Å². The molecule has 0 rings (SSSR count). The predicted molar refractivity (Wildman–Crippen MR) is 97.4 cm³/mol. The van der Waals surface area contributed by atoms with Crippen molar-refractivity contribution >= 4 is 5.91 Å². The van der Waals surface area contributed by atoms with Gasteiger partial charge >= 0.3 is 0 Å². The van der Waals surface area contributed by atoms with Crippen molar-refractivity contribution in [3.8, 4) is 0 Å². The quantitative estimate of drug-likeness (QED) is 0.385. The van der Waals surface area contributed by atoms with Crippen LogP contribution in [0.15, 0.2) is 0 Å². The van der Waals surface area contributed by atoms with E-state index in [9.17, 15) is 4.79 Å². The molecule has 1 unspecified atom stereocenters. The zero-order valence-electron chi connectivity index (χ0n) is 15.8. The van der Waals surface area contributed by atoms with E-state index in [-0.39, 0.29) is 7.33 Å². The summed E-state index contributed by atoms with van der Waals surface area (Å²) in [5.74, 6) is 0.694. The van der Waals surface area contributed by atoms with Gasteiger partial charge in [0.2, 0.25) is 5.91 Å². The number of rotatable bonds is 18. The maximum absolute atomic E-state index is 11.6. The Labute approximate surface area is 149 Å². The van der Waals surface area contributed by atoms with Gasteiger partial charge in [-0.3, -0.25) is 4.79 Å². The van der Waals surface area contributed by atoms with Gasteiger partial charge in [-0.1, -0.05) is 27.2 Å². The summed E-state index contributed by atoms with van der Waals surface area (Å²) in [6.07, 6.45) is 3.64. The van der Waals surface area contributed by atoms with Crippen molar-refractivity contribution in [3.05, 3.63) is 0 Å². The Morgan fingerprint density at radius 3 is 2.08 bits per heavy atom. The molecule has 0 aromatic rings. The summed E-state index contributed by atoms with van der Waals surface area (Å²) in [5, 5.41) is 2.82. The molecule has 0 heterocycles. The van der Waals surface area contributed by atoms with Gasteiger partial charge in [0, 0.05) is 27.6 Å². The molecule has 24 heavy (non-hydrogen) atoms. The first-order chi connectivity index (χ1) is 11.7. The fraction of sp³-hybridized carbons (Fsp3) is 0.944. The van der Waals surface area contributed by atoms with E-state index in [1.54, 1.807) is 0 Å². The highest BCUT2D eigenvalue weighted by molar-refractivity contribution is 5.75. The zero-order chi connectivity index (χ0) is 17.9. The molecule has 0 aromatic heterocycles. The Morgan fingerprint density at radius 2 is 1.46 bits per heavy atom. The van der Waals surface area contributed by atoms with Gasteiger partial charge in [0.15, 0.2) is 0 Å². The Kier molecular flexibility index (Phi) is 18.1. The van der Waals surface area contributed by atoms with Gasteiger partial charge in [0.25, 0.3) is 0 Å². The normalized spacial score (nSPS) is 12.3. The Balaban J connectivity index is 0. The molecule has 0 bridgehead atoms. The lowest BCUT2D eigenvalue weighted by Gasteiger charge is -2.09. The molecule has 0 radical (unpaired) electrons. The van der Waals surface area contributed by atoms with Gasteiger partial charge in [-0.25, -0.2) is 0 Å². The highest BCUT2D eigenvalue weighted by Crippen LogP contribution is 2.05. The van der Waals surface area contributed by atoms with Crippen molar-refractivity contribution in [1.82, 2.24) is 5.32 Å². The average Bonchev–Trinajstić information content (AvgIpc) is 2.59. The van der Waals surface area contributed by atoms with Crippen LogP contribution in [-0.4, -0.2) is 65.3 Å². The molecule has 0 spiro atoms. The van der Waals surface area contributed by atoms with E-state index in [1.165, 1.54) is 6.42 Å². The molecular weight excluding hydrogens is 310 g/mol. The largest absolute Gasteiger partial charge is 0.380 e. The molecule has 0 aliphatic heterocycles. The third-order valence-corrected chi connectivity index (χ3v) is 3.59. The highest BCUT2D eigenvalue weighted by Gasteiger charge is 2.01. The van der Waals surface area contributed by atoms with Crippen LogP contribution in [0.1, 0.15) is 47.9 Å². The van der Waals surface area contributed by atoms with E-state index < -0.39 is 0 Å². The van der Waals surface area contributed by atoms with Crippen LogP contribution in [0, 0.1) is 5.92 Å². The molecule has 0 aliphatic rings. The van der Waals surface area contributed by atoms with Crippen molar-refractivity contribution in [1.29, 1.82) is 0 Å². The minimum atomic E-state index is -0.00518. The van der Waals surface area contributed by atoms with E-state index in [0.717, 1.165) is 26.1 Å². The zero-order valence-corrected chi connectivity index (χ0v) is 15.8. The number of ether oxygens (including phenoxy) is 4. The fourth-order valence-electron chi connectivity index (χ4n) is 1.79. The fourth-order valence-corrected chi connectivity index (χ4v) is 1.79. The molecular formula is C18H39NO5. The maximum Gasteiger partial charge on any atom is 0.222 e. The van der Waals surface area contributed by atoms with Crippen LogP contribution >= 0.6 is 0 Å². The van der Waals surface area contributed by atoms with E-state index in [1.807, 2.05) is 0 Å². The van der Waals surface area contributed by atoms with Gasteiger partial charge in [0.05, 0.1) is 39.6 Å². The molecule has 146 valence electrons. The second-order valence-corrected chi connectivity index (χ2v) is 5.85. The van der Waals surface area contributed by atoms with Crippen molar-refractivity contribution in [2.75, 3.05) is 59.4 Å². The third-order valence-electron chi connectivity index (χ3n) is 3.59. The van der Waals surface area contributed by atoms with Crippen molar-refractivity contribution < 1.29 is 25.2 Å². The summed E-state index contributed by atoms with van der Waals surface area (Å²) >= 11 is 0. The topological polar surface area (TPSA) is 66.0 Å². The minimum absolute atomic E-state index is 0. The Morgan fingerprint density at radius 1 is 0.875 bits per heavy atom. The molecule has 6 nitrogen and oxygen atoms in total. The van der Waals surface area contributed by atoms with Crippen LogP contribution in [0.4, 0.5) is 0 Å². The average molecular weight is 350 g/mol. The lowest BCUT2D eigenvalue weighted by Crippen LogP contribution is -2.28. The number of carbonyl (C=O) groups excluding carboxylic acids is 1. The molecule has 0 saturated heterocycles. The van der Waals surface area contributed by atoms with Crippen molar-refractivity contribution in [2.24, 2.45) is 5.92 Å². The highest BCUT2D eigenvalue weighted by atomic mass is 16.5. The molecule has 1 atom stereocenters. The standard InChI is InChI=1S/C18H37NO5.H2/c1-4-9-21-13-15-24-16-14-23-11-7-18(20)19-8-12-22-10-6-17(3)5-2;/h17H,4-16H2,1-3H3,(H,19,20);1H. The van der Waals surface area contributed by atoms with Crippen LogP contribution in [0.25, 0.3) is 0 Å². The van der Waals surface area contributed by atoms with Gasteiger partial charge in [-0.05, 0) is 18.8 Å². The van der Waals surface area contributed by atoms with Crippen LogP contribution in [0.2, 0.25) is 0 Å². The first-order valence-electron chi connectivity index (χ1n) is 9.28. The number of nitrogens with one attached hydrogen (secondary N) is 1. The summed E-state index contributed by atoms with van der Waals surface area (Å²) in [6.45, 7) is 11.8. The van der Waals surface area contributed by atoms with Crippen molar-refractivity contribution in [3.63, 3.8) is 0 Å². The van der Waals surface area contributed by atoms with Crippen LogP contribution in [0.5, 0.6) is 0 Å². The molecule has 0 saturated carbocycles. The van der Waals surface area contributed by atoms with Gasteiger partial charge in [0.1, 0.15) is 0 Å². The number of carbonyl (C=O) groups is 1. The SMILES string of the molecule is CCCOCCOCCOCCC(=O)NCCOCCC(C)CC.[HH]. The van der Waals surface area contributed by atoms with E-state index in [2.05, 4.69) is 26.1 Å². The van der Waals surface area contributed by atoms with Crippen LogP contribution in [0.3, 0.4) is 0 Å². The van der Waals surface area contributed by atoms with Crippen LogP contribution in [-0.2, 0) is 23.7 Å². The Hall–Kier alpha value is -0.690. The molecule has 0 aliphatic carbocycles. The van der Waals surface area contributed by atoms with E-state index in [0.29, 0.717) is 58.5 Å². The smallest absolute Gasteiger partial charge is 0.222 e. The molecule has 1 amide bonds. The van der Waals surface area contributed by atoms with E-state index in [4.69, 9.17) is 18.9 Å². The van der Waals surface area contributed by atoms with Crippen molar-refractivity contribution in [2.45, 2.75) is 46.5 Å². The Bertz CT molecular complexity index is 282. The van der Waals surface area contributed by atoms with Gasteiger partial charge in [-0.2, -0.15) is 0 Å². The molecule has 1 N–H and O–H groups in total. The van der Waals surface area contributed by atoms with E-state index >= 15 is 0 Å². The molecule has 0 aromatic carbocycles. The number of hydrogen-bond donors (Lipinski definition) is 1. The third kappa shape index (κ3) is 17.7. The molecule has 0 fully saturated rings. The lowest BCUT2D eigenvalue weighted by molar-refractivity contribution is -0.122. The van der Waals surface area contributed by atoms with Gasteiger partial charge < -0.3 is 24.3 Å². The maximum atomic E-state index is 11.6. The summed E-state index contributed by atoms with van der Waals surface area (Å²) in [5.41, 5.74) is 0. The van der Waals surface area contributed by atoms with Crippen LogP contribution < -0.4 is 5.32 Å². The monoisotopic (exact) mass is 349 g/mol. The number of amides is 1. The molecule has 6 heteroatoms. The predicted octanol–water partition coefficient (Wildman–Crippen LogP) is 2.65. The summed E-state index contributed by atoms with van der Waals surface area (Å²) in [4.78, 5) is 11.6. The second kappa shape index (κ2) is 18.6. The number of hydrogen-bond acceptors (Lipinski definition) is 5. The minimum Gasteiger partial charge on any atom is -0.380 e. The first kappa shape index (κ1) is 23.3. The lowest BCUT2D eigenvalue weighted by atomic mass is 10.1. The summed E-state index contributed by atoms with van der Waals surface area (Å²) in [6, 6.07) is 0. The summed E-state index contributed by atoms with van der Waals surface area (Å²) < 4.78 is 21.5. The summed E-state index contributed by atoms with van der Waals surface area (Å²) in [7, 11) is 0. The first-order valence-corrected chi connectivity index (χ1v) is 9.28.